The fraction of sp³-hybridized carbons (Fsp3) is 0.286. The highest BCUT2D eigenvalue weighted by Crippen LogP contribution is 2.30. The van der Waals surface area contributed by atoms with Crippen LogP contribution in [0, 0.1) is 5.92 Å². The molecule has 1 atom stereocenters. The number of sulfone groups is 1. The molecule has 1 unspecified atom stereocenters. The Morgan fingerprint density at radius 2 is 1.95 bits per heavy atom. The third-order valence-corrected chi connectivity index (χ3v) is 4.99. The first-order valence-corrected chi connectivity index (χ1v) is 7.67. The molecule has 0 aliphatic carbocycles. The van der Waals surface area contributed by atoms with E-state index >= 15 is 0 Å². The van der Waals surface area contributed by atoms with Crippen molar-refractivity contribution in [2.24, 2.45) is 10.9 Å². The minimum Gasteiger partial charge on any atom is -0.469 e. The Hall–Kier alpha value is -1.95. The van der Waals surface area contributed by atoms with Crippen LogP contribution < -0.4 is 0 Å². The molecule has 0 spiro atoms. The summed E-state index contributed by atoms with van der Waals surface area (Å²) in [5.41, 5.74) is 0.512. The van der Waals surface area contributed by atoms with Crippen LogP contribution in [0.4, 0.5) is 0 Å². The maximum atomic E-state index is 12.5. The van der Waals surface area contributed by atoms with E-state index < -0.39 is 21.7 Å². The zero-order valence-corrected chi connectivity index (χ0v) is 12.1. The molecular weight excluding hydrogens is 278 g/mol. The van der Waals surface area contributed by atoms with Gasteiger partial charge in [-0.25, -0.2) is 13.4 Å². The molecule has 20 heavy (non-hydrogen) atoms. The summed E-state index contributed by atoms with van der Waals surface area (Å²) in [6.07, 6.45) is 1.60. The number of carbonyl (C=O) groups excluding carboxylic acids is 1. The second kappa shape index (κ2) is 5.58. The maximum Gasteiger partial charge on any atom is 0.313 e. The summed E-state index contributed by atoms with van der Waals surface area (Å²) in [6, 6.07) is 8.62. The first-order chi connectivity index (χ1) is 9.52. The molecule has 0 bridgehead atoms. The van der Waals surface area contributed by atoms with Crippen molar-refractivity contribution in [2.75, 3.05) is 7.11 Å². The van der Waals surface area contributed by atoms with E-state index in [1.54, 1.807) is 37.3 Å². The lowest BCUT2D eigenvalue weighted by Crippen LogP contribution is -2.25. The highest BCUT2D eigenvalue weighted by Gasteiger charge is 2.38. The molecule has 1 aliphatic heterocycles. The molecule has 0 N–H and O–H groups in total. The molecule has 0 amide bonds. The minimum atomic E-state index is -3.74. The average Bonchev–Trinajstić information content (AvgIpc) is 2.76. The first-order valence-electron chi connectivity index (χ1n) is 6.18. The Kier molecular flexibility index (Phi) is 4.04. The van der Waals surface area contributed by atoms with E-state index in [9.17, 15) is 13.2 Å². The molecule has 0 aromatic heterocycles. The van der Waals surface area contributed by atoms with Crippen LogP contribution in [0.3, 0.4) is 0 Å². The zero-order valence-electron chi connectivity index (χ0n) is 11.2. The summed E-state index contributed by atoms with van der Waals surface area (Å²) in [5.74, 6) is -1.37. The lowest BCUT2D eigenvalue weighted by molar-refractivity contribution is -0.143. The quantitative estimate of drug-likeness (QED) is 0.795. The number of hydrogen-bond acceptors (Lipinski definition) is 5. The molecule has 0 saturated carbocycles. The molecule has 0 fully saturated rings. The smallest absolute Gasteiger partial charge is 0.313 e. The van der Waals surface area contributed by atoms with Crippen molar-refractivity contribution in [3.63, 3.8) is 0 Å². The molecule has 1 aromatic carbocycles. The van der Waals surface area contributed by atoms with Gasteiger partial charge in [-0.05, 0) is 6.42 Å². The monoisotopic (exact) mass is 293 g/mol. The molecule has 0 radical (unpaired) electrons. The molecule has 0 saturated heterocycles. The van der Waals surface area contributed by atoms with Gasteiger partial charge in [-0.1, -0.05) is 37.3 Å². The third-order valence-electron chi connectivity index (χ3n) is 3.13. The topological polar surface area (TPSA) is 72.8 Å². The summed E-state index contributed by atoms with van der Waals surface area (Å²) in [5, 5.41) is -0.0181. The Bertz CT molecular complexity index is 674. The van der Waals surface area contributed by atoms with Gasteiger partial charge in [0.05, 0.1) is 17.9 Å². The molecule has 1 heterocycles. The van der Waals surface area contributed by atoms with E-state index in [0.29, 0.717) is 12.0 Å². The number of hydrogen-bond donors (Lipinski definition) is 0. The van der Waals surface area contributed by atoms with Crippen LogP contribution in [-0.4, -0.2) is 26.5 Å². The van der Waals surface area contributed by atoms with Crippen molar-refractivity contribution in [1.29, 1.82) is 0 Å². The van der Waals surface area contributed by atoms with E-state index in [1.165, 1.54) is 13.3 Å². The molecule has 6 heteroatoms. The van der Waals surface area contributed by atoms with Gasteiger partial charge >= 0.3 is 5.97 Å². The largest absolute Gasteiger partial charge is 0.469 e. The number of carbonyl (C=O) groups is 1. The Morgan fingerprint density at radius 1 is 1.30 bits per heavy atom. The van der Waals surface area contributed by atoms with Crippen molar-refractivity contribution in [2.45, 2.75) is 13.3 Å². The Labute approximate surface area is 117 Å². The van der Waals surface area contributed by atoms with Gasteiger partial charge < -0.3 is 4.74 Å². The Morgan fingerprint density at radius 3 is 2.50 bits per heavy atom. The summed E-state index contributed by atoms with van der Waals surface area (Å²) < 4.78 is 29.7. The number of rotatable bonds is 4. The lowest BCUT2D eigenvalue weighted by Gasteiger charge is -2.13. The van der Waals surface area contributed by atoms with Gasteiger partial charge in [0.2, 0.25) is 9.84 Å². The number of methoxy groups -OCH3 is 1. The van der Waals surface area contributed by atoms with E-state index in [1.807, 2.05) is 0 Å². The van der Waals surface area contributed by atoms with E-state index in [-0.39, 0.29) is 9.95 Å². The molecule has 1 aromatic rings. The third kappa shape index (κ3) is 2.38. The highest BCUT2D eigenvalue weighted by atomic mass is 32.2. The van der Waals surface area contributed by atoms with Crippen molar-refractivity contribution in [3.8, 4) is 0 Å². The predicted molar refractivity (Wildman–Crippen MR) is 75.8 cm³/mol. The molecular formula is C14H15NO4S. The van der Waals surface area contributed by atoms with Gasteiger partial charge in [0.25, 0.3) is 0 Å². The van der Waals surface area contributed by atoms with Gasteiger partial charge in [-0.15, -0.1) is 0 Å². The second-order valence-corrected chi connectivity index (χ2v) is 6.18. The lowest BCUT2D eigenvalue weighted by atomic mass is 10.1. The summed E-state index contributed by atoms with van der Waals surface area (Å²) >= 11 is 0. The van der Waals surface area contributed by atoms with Crippen molar-refractivity contribution >= 4 is 20.9 Å². The Balaban J connectivity index is 2.38. The van der Waals surface area contributed by atoms with Crippen LogP contribution in [0.25, 0.3) is 0 Å². The molecule has 2 rings (SSSR count). The highest BCUT2D eigenvalue weighted by molar-refractivity contribution is 8.10. The van der Waals surface area contributed by atoms with Crippen LogP contribution in [0.2, 0.25) is 0 Å². The SMILES string of the molecule is CCC(C(=O)OC)C1=CN=C(c2ccccc2)S1(=O)=O. The fourth-order valence-electron chi connectivity index (χ4n) is 2.09. The zero-order chi connectivity index (χ0) is 14.8. The van der Waals surface area contributed by atoms with Crippen LogP contribution in [0.5, 0.6) is 0 Å². The normalized spacial score (nSPS) is 18.1. The second-order valence-electron chi connectivity index (χ2n) is 4.32. The first kappa shape index (κ1) is 14.5. The number of benzene rings is 1. The van der Waals surface area contributed by atoms with E-state index in [4.69, 9.17) is 0 Å². The standard InChI is InChI=1S/C14H15NO4S/c1-3-11(14(16)19-2)12-9-15-13(20(12,17)18)10-7-5-4-6-8-10/h4-9,11H,3H2,1-2H3. The number of aliphatic imine (C=N–C) groups is 1. The van der Waals surface area contributed by atoms with Crippen LogP contribution in [0.15, 0.2) is 46.4 Å². The van der Waals surface area contributed by atoms with E-state index in [2.05, 4.69) is 9.73 Å². The van der Waals surface area contributed by atoms with Gasteiger partial charge in [0.1, 0.15) is 0 Å². The summed E-state index contributed by atoms with van der Waals surface area (Å²) in [7, 11) is -2.49. The number of nitrogens with zero attached hydrogens (tertiary/aromatic N) is 1. The van der Waals surface area contributed by atoms with Crippen molar-refractivity contribution in [3.05, 3.63) is 47.0 Å². The van der Waals surface area contributed by atoms with E-state index in [0.717, 1.165) is 0 Å². The van der Waals surface area contributed by atoms with Crippen molar-refractivity contribution < 1.29 is 17.9 Å². The summed E-state index contributed by atoms with van der Waals surface area (Å²) in [6.45, 7) is 1.73. The molecule has 5 nitrogen and oxygen atoms in total. The van der Waals surface area contributed by atoms with Gasteiger partial charge in [0.15, 0.2) is 5.04 Å². The number of ether oxygens (including phenoxy) is 1. The fourth-order valence-corrected chi connectivity index (χ4v) is 3.78. The maximum absolute atomic E-state index is 12.5. The van der Waals surface area contributed by atoms with Crippen LogP contribution in [-0.2, 0) is 19.4 Å². The van der Waals surface area contributed by atoms with Crippen molar-refractivity contribution in [1.82, 2.24) is 0 Å². The average molecular weight is 293 g/mol. The summed E-state index contributed by atoms with van der Waals surface area (Å²) in [4.78, 5) is 15.7. The minimum absolute atomic E-state index is 0.00528. The van der Waals surface area contributed by atoms with Gasteiger partial charge in [0, 0.05) is 11.8 Å². The van der Waals surface area contributed by atoms with Crippen LogP contribution >= 0.6 is 0 Å². The van der Waals surface area contributed by atoms with Gasteiger partial charge in [-0.3, -0.25) is 4.79 Å². The van der Waals surface area contributed by atoms with Gasteiger partial charge in [-0.2, -0.15) is 0 Å². The molecule has 1 aliphatic rings. The number of esters is 1. The van der Waals surface area contributed by atoms with Crippen LogP contribution in [0.1, 0.15) is 18.9 Å². The molecule has 106 valence electrons. The predicted octanol–water partition coefficient (Wildman–Crippen LogP) is 1.90.